The van der Waals surface area contributed by atoms with Crippen LogP contribution in [-0.2, 0) is 0 Å². The SMILES string of the molecule is CC1=CC[C@H]2C(C)(C)CCC[C@]2(C)[C@H]1CC/C(C)=C/CC/C(C)=N\O. The predicted octanol–water partition coefficient (Wildman–Crippen LogP) is 7.14. The normalized spacial score (nSPS) is 33.0. The lowest BCUT2D eigenvalue weighted by Gasteiger charge is -2.57. The number of hydrogen-bond donors (Lipinski definition) is 1. The number of allylic oxidation sites excluding steroid dienone is 4. The molecule has 0 amide bonds. The maximum absolute atomic E-state index is 8.74. The Kier molecular flexibility index (Phi) is 6.56. The van der Waals surface area contributed by atoms with Crippen molar-refractivity contribution in [3.05, 3.63) is 23.3 Å². The van der Waals surface area contributed by atoms with Crippen LogP contribution in [-0.4, -0.2) is 10.9 Å². The molecule has 0 aromatic heterocycles. The van der Waals surface area contributed by atoms with Gasteiger partial charge in [0, 0.05) is 0 Å². The average molecular weight is 346 g/mol. The highest BCUT2D eigenvalue weighted by Gasteiger charge is 2.51. The van der Waals surface area contributed by atoms with Crippen molar-refractivity contribution in [1.82, 2.24) is 0 Å². The predicted molar refractivity (Wildman–Crippen MR) is 108 cm³/mol. The third kappa shape index (κ3) is 4.57. The van der Waals surface area contributed by atoms with Crippen LogP contribution in [0.3, 0.4) is 0 Å². The van der Waals surface area contributed by atoms with Gasteiger partial charge >= 0.3 is 0 Å². The maximum atomic E-state index is 8.74. The molecule has 0 spiro atoms. The summed E-state index contributed by atoms with van der Waals surface area (Å²) in [6, 6.07) is 0. The minimum absolute atomic E-state index is 0.473. The first-order valence-corrected chi connectivity index (χ1v) is 10.2. The lowest BCUT2D eigenvalue weighted by molar-refractivity contribution is -0.0390. The molecular formula is C23H39NO. The third-order valence-corrected chi connectivity index (χ3v) is 7.29. The van der Waals surface area contributed by atoms with Gasteiger partial charge in [0.25, 0.3) is 0 Å². The Hall–Kier alpha value is -1.05. The summed E-state index contributed by atoms with van der Waals surface area (Å²) in [5.74, 6) is 1.56. The van der Waals surface area contributed by atoms with Gasteiger partial charge in [0.1, 0.15) is 0 Å². The molecule has 2 aliphatic rings. The molecule has 1 fully saturated rings. The minimum atomic E-state index is 0.473. The van der Waals surface area contributed by atoms with Gasteiger partial charge in [0.2, 0.25) is 0 Å². The van der Waals surface area contributed by atoms with Gasteiger partial charge in [-0.2, -0.15) is 0 Å². The second kappa shape index (κ2) is 8.10. The fourth-order valence-electron chi connectivity index (χ4n) is 5.75. The summed E-state index contributed by atoms with van der Waals surface area (Å²) in [7, 11) is 0. The summed E-state index contributed by atoms with van der Waals surface area (Å²) in [4.78, 5) is 0. The van der Waals surface area contributed by atoms with Crippen molar-refractivity contribution >= 4 is 5.71 Å². The Bertz CT molecular complexity index is 554. The molecule has 0 unspecified atom stereocenters. The van der Waals surface area contributed by atoms with Gasteiger partial charge in [0.15, 0.2) is 0 Å². The van der Waals surface area contributed by atoms with Crippen LogP contribution in [0.2, 0.25) is 0 Å². The van der Waals surface area contributed by atoms with Crippen LogP contribution in [0.4, 0.5) is 0 Å². The Morgan fingerprint density at radius 1 is 1.24 bits per heavy atom. The number of rotatable bonds is 6. The molecule has 2 nitrogen and oxygen atoms in total. The van der Waals surface area contributed by atoms with Crippen molar-refractivity contribution in [1.29, 1.82) is 0 Å². The molecule has 0 radical (unpaired) electrons. The van der Waals surface area contributed by atoms with E-state index in [-0.39, 0.29) is 0 Å². The van der Waals surface area contributed by atoms with Crippen molar-refractivity contribution in [2.75, 3.05) is 0 Å². The summed E-state index contributed by atoms with van der Waals surface area (Å²) in [5.41, 5.74) is 4.89. The highest BCUT2D eigenvalue weighted by molar-refractivity contribution is 5.81. The fourth-order valence-corrected chi connectivity index (χ4v) is 5.75. The summed E-state index contributed by atoms with van der Waals surface area (Å²) in [6.07, 6.45) is 14.6. The second-order valence-corrected chi connectivity index (χ2v) is 9.60. The monoisotopic (exact) mass is 345 g/mol. The number of nitrogens with zero attached hydrogens (tertiary/aromatic N) is 1. The van der Waals surface area contributed by atoms with Gasteiger partial charge in [-0.1, -0.05) is 55.6 Å². The highest BCUT2D eigenvalue weighted by Crippen LogP contribution is 2.60. The van der Waals surface area contributed by atoms with Crippen molar-refractivity contribution in [2.24, 2.45) is 27.8 Å². The van der Waals surface area contributed by atoms with Crippen molar-refractivity contribution < 1.29 is 5.21 Å². The fraction of sp³-hybridized carbons (Fsp3) is 0.783. The van der Waals surface area contributed by atoms with Crippen molar-refractivity contribution in [3.8, 4) is 0 Å². The molecule has 3 atom stereocenters. The lowest BCUT2D eigenvalue weighted by atomic mass is 9.48. The van der Waals surface area contributed by atoms with E-state index in [2.05, 4.69) is 51.9 Å². The minimum Gasteiger partial charge on any atom is -0.411 e. The van der Waals surface area contributed by atoms with Gasteiger partial charge in [0.05, 0.1) is 5.71 Å². The molecule has 2 rings (SSSR count). The van der Waals surface area contributed by atoms with Crippen LogP contribution in [0.15, 0.2) is 28.5 Å². The third-order valence-electron chi connectivity index (χ3n) is 7.29. The standard InChI is InChI=1S/C23H39NO/c1-17(9-7-10-19(3)24-25)11-13-20-18(2)12-14-21-22(4,5)15-8-16-23(20,21)6/h9,12,20-21,25H,7-8,10-11,13-16H2,1-6H3/b17-9+,24-19-/t20-,21-,23+/m0/s1. The zero-order chi connectivity index (χ0) is 18.7. The molecule has 0 aliphatic heterocycles. The molecule has 0 bridgehead atoms. The van der Waals surface area contributed by atoms with Gasteiger partial charge < -0.3 is 5.21 Å². The lowest BCUT2D eigenvalue weighted by Crippen LogP contribution is -2.48. The van der Waals surface area contributed by atoms with Crippen LogP contribution < -0.4 is 0 Å². The molecule has 0 saturated heterocycles. The maximum Gasteiger partial charge on any atom is 0.0543 e. The average Bonchev–Trinajstić information content (AvgIpc) is 2.53. The highest BCUT2D eigenvalue weighted by atomic mass is 16.4. The van der Waals surface area contributed by atoms with E-state index in [0.717, 1.165) is 30.4 Å². The first-order valence-electron chi connectivity index (χ1n) is 10.2. The Morgan fingerprint density at radius 2 is 1.96 bits per heavy atom. The molecule has 0 aromatic rings. The Labute approximate surface area is 155 Å². The zero-order valence-corrected chi connectivity index (χ0v) is 17.4. The number of fused-ring (bicyclic) bond motifs is 1. The number of oxime groups is 1. The molecule has 1 saturated carbocycles. The van der Waals surface area contributed by atoms with Crippen LogP contribution in [0.25, 0.3) is 0 Å². The smallest absolute Gasteiger partial charge is 0.0543 e. The van der Waals surface area contributed by atoms with Gasteiger partial charge in [-0.05, 0) is 88.4 Å². The van der Waals surface area contributed by atoms with Crippen LogP contribution >= 0.6 is 0 Å². The van der Waals surface area contributed by atoms with E-state index in [1.807, 2.05) is 6.92 Å². The van der Waals surface area contributed by atoms with E-state index in [9.17, 15) is 0 Å². The summed E-state index contributed by atoms with van der Waals surface area (Å²) in [5, 5.41) is 12.0. The van der Waals surface area contributed by atoms with Crippen molar-refractivity contribution in [2.45, 2.75) is 92.9 Å². The van der Waals surface area contributed by atoms with Crippen molar-refractivity contribution in [3.63, 3.8) is 0 Å². The van der Waals surface area contributed by atoms with Gasteiger partial charge in [-0.3, -0.25) is 0 Å². The zero-order valence-electron chi connectivity index (χ0n) is 17.4. The van der Waals surface area contributed by atoms with E-state index in [1.54, 1.807) is 5.57 Å². The Morgan fingerprint density at radius 3 is 2.64 bits per heavy atom. The molecule has 2 aliphatic carbocycles. The van der Waals surface area contributed by atoms with E-state index < -0.39 is 0 Å². The molecule has 0 aromatic carbocycles. The summed E-state index contributed by atoms with van der Waals surface area (Å²) in [6.45, 7) is 14.1. The number of hydrogen-bond acceptors (Lipinski definition) is 2. The Balaban J connectivity index is 2.03. The molecule has 0 heterocycles. The van der Waals surface area contributed by atoms with E-state index in [4.69, 9.17) is 5.21 Å². The first-order chi connectivity index (χ1) is 11.7. The second-order valence-electron chi connectivity index (χ2n) is 9.60. The molecule has 2 heteroatoms. The quantitative estimate of drug-likeness (QED) is 0.236. The van der Waals surface area contributed by atoms with Gasteiger partial charge in [-0.15, -0.1) is 0 Å². The van der Waals surface area contributed by atoms with Crippen LogP contribution in [0.5, 0.6) is 0 Å². The molecule has 25 heavy (non-hydrogen) atoms. The largest absolute Gasteiger partial charge is 0.411 e. The summed E-state index contributed by atoms with van der Waals surface area (Å²) < 4.78 is 0. The van der Waals surface area contributed by atoms with Crippen LogP contribution in [0, 0.1) is 22.7 Å². The van der Waals surface area contributed by atoms with E-state index in [0.29, 0.717) is 10.8 Å². The van der Waals surface area contributed by atoms with E-state index >= 15 is 0 Å². The van der Waals surface area contributed by atoms with Crippen LogP contribution in [0.1, 0.15) is 92.9 Å². The van der Waals surface area contributed by atoms with Gasteiger partial charge in [-0.25, -0.2) is 0 Å². The molecule has 1 N–H and O–H groups in total. The molecular weight excluding hydrogens is 306 g/mol. The summed E-state index contributed by atoms with van der Waals surface area (Å²) >= 11 is 0. The van der Waals surface area contributed by atoms with E-state index in [1.165, 1.54) is 44.1 Å². The molecule has 142 valence electrons. The topological polar surface area (TPSA) is 32.6 Å². The first kappa shape index (κ1) is 20.3.